The van der Waals surface area contributed by atoms with E-state index >= 15 is 0 Å². The van der Waals surface area contributed by atoms with Crippen LogP contribution in [0.15, 0.2) is 60.9 Å². The van der Waals surface area contributed by atoms with E-state index in [9.17, 15) is 28.5 Å². The lowest BCUT2D eigenvalue weighted by atomic mass is 10.1. The molecule has 3 aromatic carbocycles. The van der Waals surface area contributed by atoms with Gasteiger partial charge in [-0.15, -0.1) is 0 Å². The molecule has 1 N–H and O–H groups in total. The summed E-state index contributed by atoms with van der Waals surface area (Å²) in [5, 5.41) is 14.2. The van der Waals surface area contributed by atoms with Gasteiger partial charge in [0, 0.05) is 36.1 Å². The van der Waals surface area contributed by atoms with Gasteiger partial charge in [0.05, 0.1) is 22.4 Å². The van der Waals surface area contributed by atoms with E-state index in [2.05, 4.69) is 15.3 Å². The molecule has 2 heterocycles. The van der Waals surface area contributed by atoms with Gasteiger partial charge in [-0.2, -0.15) is 0 Å². The fourth-order valence-electron chi connectivity index (χ4n) is 4.34. The zero-order chi connectivity index (χ0) is 28.4. The Morgan fingerprint density at radius 2 is 1.90 bits per heavy atom. The van der Waals surface area contributed by atoms with Gasteiger partial charge in [-0.3, -0.25) is 19.7 Å². The van der Waals surface area contributed by atoms with Gasteiger partial charge in [-0.25, -0.2) is 18.7 Å². The van der Waals surface area contributed by atoms with E-state index in [0.29, 0.717) is 11.2 Å². The van der Waals surface area contributed by atoms with Gasteiger partial charge >= 0.3 is 5.69 Å². The summed E-state index contributed by atoms with van der Waals surface area (Å²) < 4.78 is 39.1. The summed E-state index contributed by atoms with van der Waals surface area (Å²) in [5.41, 5.74) is 0.532. The Kier molecular flexibility index (Phi) is 7.19. The van der Waals surface area contributed by atoms with E-state index in [1.807, 2.05) is 0 Å². The minimum atomic E-state index is -0.992. The number of rotatable bonds is 8. The molecule has 4 aromatic rings. The summed E-state index contributed by atoms with van der Waals surface area (Å²) in [5.74, 6) is -3.69. The standard InChI is InChI=1S/C27H21F2N5O6/c1-2-39-24-13-21-19(12-22(24)34(37)38)26(31-14-30-21)40-23-8-5-16(11-20(23)29)32-25(35)18-9-10-33(27(18)36)17-6-3-15(28)4-7-17/h3-8,11-14,18H,2,9-10H2,1H3,(H,32,35). The van der Waals surface area contributed by atoms with Gasteiger partial charge in [-0.1, -0.05) is 0 Å². The molecule has 11 nitrogen and oxygen atoms in total. The third-order valence-corrected chi connectivity index (χ3v) is 6.24. The Balaban J connectivity index is 1.32. The number of carbonyl (C=O) groups is 2. The fourth-order valence-corrected chi connectivity index (χ4v) is 4.34. The summed E-state index contributed by atoms with van der Waals surface area (Å²) in [6.07, 6.45) is 1.41. The maximum Gasteiger partial charge on any atom is 0.311 e. The molecule has 40 heavy (non-hydrogen) atoms. The maximum absolute atomic E-state index is 15.0. The van der Waals surface area contributed by atoms with Crippen LogP contribution in [0.25, 0.3) is 10.9 Å². The summed E-state index contributed by atoms with van der Waals surface area (Å²) in [6, 6.07) is 11.6. The maximum atomic E-state index is 15.0. The molecule has 204 valence electrons. The number of benzene rings is 3. The Hall–Kier alpha value is -5.20. The van der Waals surface area contributed by atoms with Crippen LogP contribution in [0.2, 0.25) is 0 Å². The van der Waals surface area contributed by atoms with E-state index in [1.54, 1.807) is 6.92 Å². The molecule has 0 aliphatic carbocycles. The third kappa shape index (κ3) is 5.21. The van der Waals surface area contributed by atoms with Gasteiger partial charge < -0.3 is 19.7 Å². The highest BCUT2D eigenvalue weighted by Crippen LogP contribution is 2.36. The Morgan fingerprint density at radius 3 is 2.60 bits per heavy atom. The molecule has 5 rings (SSSR count). The second kappa shape index (κ2) is 10.9. The number of ether oxygens (including phenoxy) is 2. The average Bonchev–Trinajstić information content (AvgIpc) is 3.31. The van der Waals surface area contributed by atoms with Crippen molar-refractivity contribution in [3.63, 3.8) is 0 Å². The monoisotopic (exact) mass is 549 g/mol. The van der Waals surface area contributed by atoms with Crippen LogP contribution in [0.3, 0.4) is 0 Å². The van der Waals surface area contributed by atoms with Gasteiger partial charge in [0.1, 0.15) is 18.1 Å². The van der Waals surface area contributed by atoms with Crippen LogP contribution in [-0.4, -0.2) is 39.9 Å². The average molecular weight is 549 g/mol. The van der Waals surface area contributed by atoms with Crippen molar-refractivity contribution in [1.29, 1.82) is 0 Å². The first kappa shape index (κ1) is 26.4. The van der Waals surface area contributed by atoms with Crippen molar-refractivity contribution in [3.8, 4) is 17.4 Å². The van der Waals surface area contributed by atoms with E-state index < -0.39 is 34.3 Å². The number of fused-ring (bicyclic) bond motifs is 1. The number of hydrogen-bond donors (Lipinski definition) is 1. The molecule has 1 unspecified atom stereocenters. The van der Waals surface area contributed by atoms with Crippen molar-refractivity contribution in [2.45, 2.75) is 13.3 Å². The van der Waals surface area contributed by atoms with Crippen LogP contribution in [0, 0.1) is 27.7 Å². The Morgan fingerprint density at radius 1 is 1.12 bits per heavy atom. The highest BCUT2D eigenvalue weighted by molar-refractivity contribution is 6.13. The van der Waals surface area contributed by atoms with Crippen LogP contribution in [0.1, 0.15) is 13.3 Å². The molecular formula is C27H21F2N5O6. The van der Waals surface area contributed by atoms with E-state index in [4.69, 9.17) is 9.47 Å². The van der Waals surface area contributed by atoms with E-state index in [-0.39, 0.29) is 53.7 Å². The van der Waals surface area contributed by atoms with E-state index in [1.165, 1.54) is 59.8 Å². The predicted octanol–water partition coefficient (Wildman–Crippen LogP) is 5.00. The van der Waals surface area contributed by atoms with Crippen LogP contribution in [0.5, 0.6) is 17.4 Å². The lowest BCUT2D eigenvalue weighted by molar-refractivity contribution is -0.385. The molecule has 1 atom stereocenters. The van der Waals surface area contributed by atoms with Gasteiger partial charge in [0.2, 0.25) is 17.7 Å². The van der Waals surface area contributed by atoms with Gasteiger partial charge in [0.25, 0.3) is 0 Å². The van der Waals surface area contributed by atoms with Crippen molar-refractivity contribution >= 4 is 39.8 Å². The van der Waals surface area contributed by atoms with Crippen LogP contribution >= 0.6 is 0 Å². The molecule has 1 aliphatic heterocycles. The molecule has 1 aromatic heterocycles. The Bertz CT molecular complexity index is 1630. The number of anilines is 2. The second-order valence-corrected chi connectivity index (χ2v) is 8.75. The van der Waals surface area contributed by atoms with Gasteiger partial charge in [-0.05, 0) is 49.7 Å². The quantitative estimate of drug-likeness (QED) is 0.184. The molecule has 0 radical (unpaired) electrons. The van der Waals surface area contributed by atoms with Crippen molar-refractivity contribution in [1.82, 2.24) is 9.97 Å². The van der Waals surface area contributed by atoms with Crippen molar-refractivity contribution in [2.24, 2.45) is 5.92 Å². The summed E-state index contributed by atoms with van der Waals surface area (Å²) >= 11 is 0. The summed E-state index contributed by atoms with van der Waals surface area (Å²) in [4.78, 5) is 46.0. The van der Waals surface area contributed by atoms with E-state index in [0.717, 1.165) is 6.07 Å². The fraction of sp³-hybridized carbons (Fsp3) is 0.185. The minimum Gasteiger partial charge on any atom is -0.487 e. The molecule has 2 amide bonds. The third-order valence-electron chi connectivity index (χ3n) is 6.24. The zero-order valence-electron chi connectivity index (χ0n) is 21.0. The van der Waals surface area contributed by atoms with Crippen molar-refractivity contribution in [3.05, 3.63) is 82.7 Å². The number of hydrogen-bond acceptors (Lipinski definition) is 8. The number of nitrogens with zero attached hydrogens (tertiary/aromatic N) is 4. The van der Waals surface area contributed by atoms with Crippen LogP contribution < -0.4 is 19.7 Å². The number of aromatic nitrogens is 2. The smallest absolute Gasteiger partial charge is 0.311 e. The van der Waals surface area contributed by atoms with Gasteiger partial charge in [0.15, 0.2) is 17.3 Å². The number of nitrogens with one attached hydrogen (secondary N) is 1. The molecule has 0 saturated carbocycles. The van der Waals surface area contributed by atoms with Crippen molar-refractivity contribution < 1.29 is 32.8 Å². The summed E-state index contributed by atoms with van der Waals surface area (Å²) in [6.45, 7) is 2.17. The zero-order valence-corrected chi connectivity index (χ0v) is 21.0. The lowest BCUT2D eigenvalue weighted by Crippen LogP contribution is -2.33. The number of amides is 2. The number of nitro benzene ring substituents is 1. The molecule has 13 heteroatoms. The molecule has 0 bridgehead atoms. The lowest BCUT2D eigenvalue weighted by Gasteiger charge is -2.17. The number of halogens is 2. The number of nitro groups is 1. The highest BCUT2D eigenvalue weighted by atomic mass is 19.1. The summed E-state index contributed by atoms with van der Waals surface area (Å²) in [7, 11) is 0. The molecule has 0 spiro atoms. The molecule has 1 saturated heterocycles. The van der Waals surface area contributed by atoms with Crippen LogP contribution in [0.4, 0.5) is 25.8 Å². The number of carbonyl (C=O) groups excluding carboxylic acids is 2. The SMILES string of the molecule is CCOc1cc2ncnc(Oc3ccc(NC(=O)C4CCN(c5ccc(F)cc5)C4=O)cc3F)c2cc1[N+](=O)[O-]. The predicted molar refractivity (Wildman–Crippen MR) is 139 cm³/mol. The minimum absolute atomic E-state index is 0.0254. The first-order valence-corrected chi connectivity index (χ1v) is 12.2. The highest BCUT2D eigenvalue weighted by Gasteiger charge is 2.37. The first-order valence-electron chi connectivity index (χ1n) is 12.2. The van der Waals surface area contributed by atoms with Crippen LogP contribution in [-0.2, 0) is 9.59 Å². The first-order chi connectivity index (χ1) is 19.2. The largest absolute Gasteiger partial charge is 0.487 e. The normalized spacial score (nSPS) is 14.8. The molecule has 1 fully saturated rings. The van der Waals surface area contributed by atoms with Crippen molar-refractivity contribution in [2.75, 3.05) is 23.4 Å². The topological polar surface area (TPSA) is 137 Å². The second-order valence-electron chi connectivity index (χ2n) is 8.75. The molecular weight excluding hydrogens is 528 g/mol. The molecule has 1 aliphatic rings. The Labute approximate surface area is 225 Å².